The van der Waals surface area contributed by atoms with Gasteiger partial charge < -0.3 is 4.90 Å². The summed E-state index contributed by atoms with van der Waals surface area (Å²) in [5.74, 6) is 0.608. The molecule has 2 aromatic heterocycles. The van der Waals surface area contributed by atoms with E-state index in [2.05, 4.69) is 32.3 Å². The van der Waals surface area contributed by atoms with Crippen molar-refractivity contribution in [3.05, 3.63) is 53.3 Å². The van der Waals surface area contributed by atoms with Gasteiger partial charge in [-0.25, -0.2) is 9.97 Å². The van der Waals surface area contributed by atoms with Gasteiger partial charge in [0.25, 0.3) is 5.91 Å². The van der Waals surface area contributed by atoms with Crippen molar-refractivity contribution in [3.8, 4) is 10.8 Å². The average molecular weight is 339 g/mol. The summed E-state index contributed by atoms with van der Waals surface area (Å²) in [5.41, 5.74) is 1.76. The third kappa shape index (κ3) is 2.94. The highest BCUT2D eigenvalue weighted by Gasteiger charge is 2.30. The molecule has 0 spiro atoms. The number of aromatic nitrogens is 4. The zero-order chi connectivity index (χ0) is 16.4. The quantitative estimate of drug-likeness (QED) is 0.793. The Morgan fingerprint density at radius 2 is 2.21 bits per heavy atom. The van der Waals surface area contributed by atoms with Gasteiger partial charge in [0.15, 0.2) is 10.8 Å². The molecular weight excluding hydrogens is 322 g/mol. The van der Waals surface area contributed by atoms with E-state index in [1.807, 2.05) is 23.1 Å². The molecule has 122 valence electrons. The molecule has 0 aliphatic carbocycles. The number of H-pyrrole nitrogens is 1. The zero-order valence-electron chi connectivity index (χ0n) is 13.1. The van der Waals surface area contributed by atoms with Crippen molar-refractivity contribution in [2.24, 2.45) is 0 Å². The van der Waals surface area contributed by atoms with Crippen LogP contribution in [0.2, 0.25) is 0 Å². The number of likely N-dealkylation sites (tertiary alicyclic amines) is 1. The summed E-state index contributed by atoms with van der Waals surface area (Å²) in [4.78, 5) is 23.3. The van der Waals surface area contributed by atoms with Crippen LogP contribution in [0.5, 0.6) is 0 Å². The third-order valence-corrected chi connectivity index (χ3v) is 5.14. The lowest BCUT2D eigenvalue weighted by molar-refractivity contribution is 0.0731. The molecule has 7 heteroatoms. The van der Waals surface area contributed by atoms with Gasteiger partial charge in [0.1, 0.15) is 12.0 Å². The maximum absolute atomic E-state index is 12.9. The highest BCUT2D eigenvalue weighted by atomic mass is 32.1. The Kier molecular flexibility index (Phi) is 4.08. The summed E-state index contributed by atoms with van der Waals surface area (Å²) >= 11 is 1.41. The second kappa shape index (κ2) is 6.52. The smallest absolute Gasteiger partial charge is 0.273 e. The Bertz CT molecular complexity index is 815. The second-order valence-electron chi connectivity index (χ2n) is 5.86. The molecule has 0 saturated carbocycles. The van der Waals surface area contributed by atoms with Crippen LogP contribution in [0.25, 0.3) is 10.8 Å². The predicted octanol–water partition coefficient (Wildman–Crippen LogP) is 2.78. The van der Waals surface area contributed by atoms with Crippen LogP contribution in [0, 0.1) is 0 Å². The van der Waals surface area contributed by atoms with Gasteiger partial charge in [-0.15, -0.1) is 11.3 Å². The molecule has 1 N–H and O–H groups in total. The molecule has 1 saturated heterocycles. The molecular formula is C17H17N5OS. The first-order chi connectivity index (χ1) is 11.8. The molecule has 1 amide bonds. The lowest BCUT2D eigenvalue weighted by Crippen LogP contribution is -2.37. The molecule has 3 heterocycles. The number of rotatable bonds is 4. The maximum Gasteiger partial charge on any atom is 0.273 e. The van der Waals surface area contributed by atoms with E-state index in [1.165, 1.54) is 23.2 Å². The van der Waals surface area contributed by atoms with Crippen molar-refractivity contribution in [1.82, 2.24) is 25.1 Å². The van der Waals surface area contributed by atoms with Crippen molar-refractivity contribution in [2.45, 2.75) is 25.3 Å². The van der Waals surface area contributed by atoms with Crippen LogP contribution in [0.1, 0.15) is 28.9 Å². The van der Waals surface area contributed by atoms with E-state index in [1.54, 1.807) is 5.38 Å². The molecule has 1 atom stereocenters. The van der Waals surface area contributed by atoms with Crippen LogP contribution in [0.3, 0.4) is 0 Å². The van der Waals surface area contributed by atoms with Crippen LogP contribution < -0.4 is 0 Å². The SMILES string of the molecule is O=C(c1csc(-c2ncn[nH]2)n1)N1CCCC1Cc1ccccc1. The normalized spacial score (nSPS) is 17.3. The summed E-state index contributed by atoms with van der Waals surface area (Å²) < 4.78 is 0. The van der Waals surface area contributed by atoms with Gasteiger partial charge >= 0.3 is 0 Å². The Morgan fingerprint density at radius 1 is 1.33 bits per heavy atom. The molecule has 1 aliphatic heterocycles. The number of hydrogen-bond acceptors (Lipinski definition) is 5. The van der Waals surface area contributed by atoms with E-state index in [0.717, 1.165) is 25.8 Å². The fraction of sp³-hybridized carbons (Fsp3) is 0.294. The van der Waals surface area contributed by atoms with E-state index in [0.29, 0.717) is 16.5 Å². The Balaban J connectivity index is 1.51. The number of amides is 1. The van der Waals surface area contributed by atoms with Crippen molar-refractivity contribution >= 4 is 17.2 Å². The van der Waals surface area contributed by atoms with Gasteiger partial charge in [0.2, 0.25) is 0 Å². The minimum Gasteiger partial charge on any atom is -0.334 e. The molecule has 0 bridgehead atoms. The lowest BCUT2D eigenvalue weighted by atomic mass is 10.0. The monoisotopic (exact) mass is 339 g/mol. The summed E-state index contributed by atoms with van der Waals surface area (Å²) in [5, 5.41) is 9.10. The highest BCUT2D eigenvalue weighted by Crippen LogP contribution is 2.25. The topological polar surface area (TPSA) is 74.8 Å². The fourth-order valence-corrected chi connectivity index (χ4v) is 3.88. The molecule has 1 aliphatic rings. The van der Waals surface area contributed by atoms with Gasteiger partial charge in [0.05, 0.1) is 0 Å². The van der Waals surface area contributed by atoms with Crippen LogP contribution in [-0.4, -0.2) is 43.6 Å². The molecule has 4 rings (SSSR count). The van der Waals surface area contributed by atoms with Crippen LogP contribution in [-0.2, 0) is 6.42 Å². The molecule has 24 heavy (non-hydrogen) atoms. The molecule has 1 aromatic carbocycles. The Hall–Kier alpha value is -2.54. The average Bonchev–Trinajstić information content (AvgIpc) is 3.36. The summed E-state index contributed by atoms with van der Waals surface area (Å²) in [6, 6.07) is 10.6. The number of hydrogen-bond donors (Lipinski definition) is 1. The van der Waals surface area contributed by atoms with Gasteiger partial charge in [-0.1, -0.05) is 30.3 Å². The first kappa shape index (κ1) is 15.0. The standard InChI is InChI=1S/C17H17N5OS/c23-17(14-10-24-16(20-14)15-18-11-19-21-15)22-8-4-7-13(22)9-12-5-2-1-3-6-12/h1-3,5-6,10-11,13H,4,7-9H2,(H,18,19,21). The minimum absolute atomic E-state index is 0.00967. The minimum atomic E-state index is 0.00967. The molecule has 0 radical (unpaired) electrons. The van der Waals surface area contributed by atoms with Crippen molar-refractivity contribution < 1.29 is 4.79 Å². The third-order valence-electron chi connectivity index (χ3n) is 4.29. The maximum atomic E-state index is 12.9. The van der Waals surface area contributed by atoms with Crippen molar-refractivity contribution in [3.63, 3.8) is 0 Å². The van der Waals surface area contributed by atoms with E-state index < -0.39 is 0 Å². The van der Waals surface area contributed by atoms with Crippen LogP contribution >= 0.6 is 11.3 Å². The predicted molar refractivity (Wildman–Crippen MR) is 91.7 cm³/mol. The zero-order valence-corrected chi connectivity index (χ0v) is 13.9. The number of carbonyl (C=O) groups excluding carboxylic acids is 1. The second-order valence-corrected chi connectivity index (χ2v) is 6.71. The highest BCUT2D eigenvalue weighted by molar-refractivity contribution is 7.13. The van der Waals surface area contributed by atoms with Gasteiger partial charge in [-0.2, -0.15) is 5.10 Å². The molecule has 1 fully saturated rings. The molecule has 3 aromatic rings. The lowest BCUT2D eigenvalue weighted by Gasteiger charge is -2.24. The Labute approximate surface area is 143 Å². The number of thiazole rings is 1. The van der Waals surface area contributed by atoms with Gasteiger partial charge in [-0.3, -0.25) is 9.89 Å². The van der Waals surface area contributed by atoms with Gasteiger partial charge in [-0.05, 0) is 24.8 Å². The van der Waals surface area contributed by atoms with E-state index >= 15 is 0 Å². The van der Waals surface area contributed by atoms with Crippen LogP contribution in [0.15, 0.2) is 42.0 Å². The summed E-state index contributed by atoms with van der Waals surface area (Å²) in [7, 11) is 0. The van der Waals surface area contributed by atoms with Gasteiger partial charge in [0, 0.05) is 18.0 Å². The number of benzene rings is 1. The fourth-order valence-electron chi connectivity index (χ4n) is 3.14. The van der Waals surface area contributed by atoms with Crippen molar-refractivity contribution in [2.75, 3.05) is 6.54 Å². The van der Waals surface area contributed by atoms with Crippen molar-refractivity contribution in [1.29, 1.82) is 0 Å². The Morgan fingerprint density at radius 3 is 3.00 bits per heavy atom. The first-order valence-corrected chi connectivity index (χ1v) is 8.85. The summed E-state index contributed by atoms with van der Waals surface area (Å²) in [6.07, 6.45) is 4.42. The number of aromatic amines is 1. The molecule has 6 nitrogen and oxygen atoms in total. The first-order valence-electron chi connectivity index (χ1n) is 7.97. The number of nitrogens with one attached hydrogen (secondary N) is 1. The van der Waals surface area contributed by atoms with Crippen LogP contribution in [0.4, 0.5) is 0 Å². The van der Waals surface area contributed by atoms with E-state index in [-0.39, 0.29) is 11.9 Å². The number of nitrogens with zero attached hydrogens (tertiary/aromatic N) is 4. The largest absolute Gasteiger partial charge is 0.334 e. The summed E-state index contributed by atoms with van der Waals surface area (Å²) in [6.45, 7) is 0.797. The molecule has 1 unspecified atom stereocenters. The number of carbonyl (C=O) groups is 1. The van der Waals surface area contributed by atoms with E-state index in [9.17, 15) is 4.79 Å². The van der Waals surface area contributed by atoms with E-state index in [4.69, 9.17) is 0 Å².